The Bertz CT molecular complexity index is 416. The van der Waals surface area contributed by atoms with E-state index in [0.29, 0.717) is 11.0 Å². The molecule has 1 N–H and O–H groups in total. The molecule has 0 amide bonds. The first-order valence-corrected chi connectivity index (χ1v) is 8.47. The molecule has 1 spiro atoms. The number of hydrogen-bond donors (Lipinski definition) is 1. The Labute approximate surface area is 116 Å². The van der Waals surface area contributed by atoms with Crippen LogP contribution in [-0.2, 0) is 4.74 Å². The van der Waals surface area contributed by atoms with Crippen molar-refractivity contribution >= 4 is 23.5 Å². The predicted molar refractivity (Wildman–Crippen MR) is 77.6 cm³/mol. The number of hydrogen-bond acceptors (Lipinski definition) is 4. The molecular formula is C14H18O2S2. The quantitative estimate of drug-likeness (QED) is 0.898. The van der Waals surface area contributed by atoms with E-state index in [1.54, 1.807) is 6.07 Å². The van der Waals surface area contributed by atoms with Gasteiger partial charge in [-0.1, -0.05) is 6.07 Å². The summed E-state index contributed by atoms with van der Waals surface area (Å²) in [6, 6.07) is 7.58. The van der Waals surface area contributed by atoms with Crippen LogP contribution in [0.15, 0.2) is 29.2 Å². The summed E-state index contributed by atoms with van der Waals surface area (Å²) in [7, 11) is 0. The van der Waals surface area contributed by atoms with E-state index in [-0.39, 0.29) is 5.60 Å². The molecule has 2 atom stereocenters. The first kappa shape index (κ1) is 12.7. The van der Waals surface area contributed by atoms with Crippen LogP contribution >= 0.6 is 23.5 Å². The van der Waals surface area contributed by atoms with Crippen molar-refractivity contribution in [3.8, 4) is 5.75 Å². The molecule has 2 nitrogen and oxygen atoms in total. The summed E-state index contributed by atoms with van der Waals surface area (Å²) in [5.41, 5.74) is 0.150. The summed E-state index contributed by atoms with van der Waals surface area (Å²) in [6.45, 7) is 0.886. The average molecular weight is 282 g/mol. The molecule has 98 valence electrons. The molecule has 2 heterocycles. The summed E-state index contributed by atoms with van der Waals surface area (Å²) in [6.07, 6.45) is 3.47. The monoisotopic (exact) mass is 282 g/mol. The van der Waals surface area contributed by atoms with E-state index >= 15 is 0 Å². The van der Waals surface area contributed by atoms with Crippen molar-refractivity contribution in [1.82, 2.24) is 0 Å². The highest BCUT2D eigenvalue weighted by molar-refractivity contribution is 8.00. The van der Waals surface area contributed by atoms with Crippen LogP contribution in [0.2, 0.25) is 0 Å². The van der Waals surface area contributed by atoms with Gasteiger partial charge in [0.25, 0.3) is 0 Å². The number of rotatable bonds is 2. The van der Waals surface area contributed by atoms with E-state index < -0.39 is 0 Å². The Morgan fingerprint density at radius 2 is 2.39 bits per heavy atom. The third kappa shape index (κ3) is 2.81. The van der Waals surface area contributed by atoms with Crippen molar-refractivity contribution in [3.63, 3.8) is 0 Å². The van der Waals surface area contributed by atoms with Gasteiger partial charge in [0.1, 0.15) is 5.75 Å². The van der Waals surface area contributed by atoms with Gasteiger partial charge < -0.3 is 9.84 Å². The highest BCUT2D eigenvalue weighted by Crippen LogP contribution is 2.43. The maximum atomic E-state index is 9.51. The van der Waals surface area contributed by atoms with E-state index in [4.69, 9.17) is 4.74 Å². The van der Waals surface area contributed by atoms with Crippen molar-refractivity contribution < 1.29 is 9.84 Å². The zero-order valence-electron chi connectivity index (χ0n) is 10.3. The van der Waals surface area contributed by atoms with Gasteiger partial charge in [0.05, 0.1) is 5.60 Å². The molecule has 0 aromatic heterocycles. The highest BCUT2D eigenvalue weighted by atomic mass is 32.2. The van der Waals surface area contributed by atoms with Crippen LogP contribution in [0.1, 0.15) is 19.3 Å². The predicted octanol–water partition coefficient (Wildman–Crippen LogP) is 3.54. The minimum absolute atomic E-state index is 0.150. The topological polar surface area (TPSA) is 29.5 Å². The van der Waals surface area contributed by atoms with Gasteiger partial charge in [-0.25, -0.2) is 0 Å². The molecule has 0 aliphatic carbocycles. The maximum Gasteiger partial charge on any atom is 0.116 e. The lowest BCUT2D eigenvalue weighted by molar-refractivity contribution is -0.0562. The minimum Gasteiger partial charge on any atom is -0.508 e. The second-order valence-electron chi connectivity index (χ2n) is 5.06. The van der Waals surface area contributed by atoms with Crippen molar-refractivity contribution in [2.75, 3.05) is 18.1 Å². The lowest BCUT2D eigenvalue weighted by Crippen LogP contribution is -2.40. The largest absolute Gasteiger partial charge is 0.508 e. The van der Waals surface area contributed by atoms with Gasteiger partial charge in [-0.2, -0.15) is 11.8 Å². The van der Waals surface area contributed by atoms with Crippen LogP contribution in [0, 0.1) is 0 Å². The number of ether oxygens (including phenoxy) is 1. The van der Waals surface area contributed by atoms with E-state index in [2.05, 4.69) is 6.07 Å². The first-order valence-electron chi connectivity index (χ1n) is 6.43. The van der Waals surface area contributed by atoms with Crippen molar-refractivity contribution in [1.29, 1.82) is 0 Å². The van der Waals surface area contributed by atoms with Crippen LogP contribution in [0.25, 0.3) is 0 Å². The zero-order chi connectivity index (χ0) is 12.4. The van der Waals surface area contributed by atoms with Gasteiger partial charge in [-0.05, 0) is 43.2 Å². The Balaban J connectivity index is 1.66. The summed E-state index contributed by atoms with van der Waals surface area (Å²) in [5.74, 6) is 2.76. The summed E-state index contributed by atoms with van der Waals surface area (Å²) in [4.78, 5) is 1.17. The van der Waals surface area contributed by atoms with E-state index in [9.17, 15) is 5.11 Å². The number of phenolic OH excluding ortho intramolecular Hbond substituents is 1. The molecule has 0 bridgehead atoms. The van der Waals surface area contributed by atoms with Crippen LogP contribution in [0.3, 0.4) is 0 Å². The number of aromatic hydroxyl groups is 1. The molecule has 18 heavy (non-hydrogen) atoms. The Kier molecular flexibility index (Phi) is 3.78. The standard InChI is InChI=1S/C14H18O2S2/c15-11-2-1-3-12(8-11)18-13-4-6-16-14(9-13)5-7-17-10-14/h1-3,8,13,15H,4-7,9-10H2. The molecular weight excluding hydrogens is 264 g/mol. The second kappa shape index (κ2) is 5.35. The van der Waals surface area contributed by atoms with Gasteiger partial charge in [-0.3, -0.25) is 0 Å². The van der Waals surface area contributed by atoms with Gasteiger partial charge in [-0.15, -0.1) is 11.8 Å². The molecule has 2 unspecified atom stereocenters. The van der Waals surface area contributed by atoms with Gasteiger partial charge in [0.15, 0.2) is 0 Å². The Hall–Kier alpha value is -0.320. The average Bonchev–Trinajstić information content (AvgIpc) is 2.77. The van der Waals surface area contributed by atoms with E-state index in [1.807, 2.05) is 35.7 Å². The maximum absolute atomic E-state index is 9.51. The molecule has 3 rings (SSSR count). The fourth-order valence-corrected chi connectivity index (χ4v) is 5.41. The molecule has 1 aromatic carbocycles. The third-order valence-electron chi connectivity index (χ3n) is 3.64. The number of benzene rings is 1. The van der Waals surface area contributed by atoms with Gasteiger partial charge >= 0.3 is 0 Å². The third-order valence-corrected chi connectivity index (χ3v) is 6.12. The van der Waals surface area contributed by atoms with Crippen molar-refractivity contribution in [2.45, 2.75) is 35.0 Å². The van der Waals surface area contributed by atoms with Gasteiger partial charge in [0, 0.05) is 22.5 Å². The minimum atomic E-state index is 0.150. The van der Waals surface area contributed by atoms with Crippen LogP contribution in [0.5, 0.6) is 5.75 Å². The van der Waals surface area contributed by atoms with Gasteiger partial charge in [0.2, 0.25) is 0 Å². The lowest BCUT2D eigenvalue weighted by Gasteiger charge is -2.37. The number of thioether (sulfide) groups is 2. The molecule has 2 fully saturated rings. The fourth-order valence-electron chi connectivity index (χ4n) is 2.70. The smallest absolute Gasteiger partial charge is 0.116 e. The molecule has 2 aliphatic rings. The van der Waals surface area contributed by atoms with E-state index in [0.717, 1.165) is 25.2 Å². The first-order chi connectivity index (χ1) is 8.76. The fraction of sp³-hybridized carbons (Fsp3) is 0.571. The zero-order valence-corrected chi connectivity index (χ0v) is 11.9. The molecule has 1 aromatic rings. The molecule has 0 saturated carbocycles. The normalized spacial score (nSPS) is 31.9. The van der Waals surface area contributed by atoms with Crippen molar-refractivity contribution in [3.05, 3.63) is 24.3 Å². The van der Waals surface area contributed by atoms with E-state index in [1.165, 1.54) is 17.1 Å². The molecule has 2 saturated heterocycles. The van der Waals surface area contributed by atoms with Crippen LogP contribution < -0.4 is 0 Å². The highest BCUT2D eigenvalue weighted by Gasteiger charge is 2.40. The molecule has 0 radical (unpaired) electrons. The Morgan fingerprint density at radius 1 is 1.44 bits per heavy atom. The van der Waals surface area contributed by atoms with Crippen molar-refractivity contribution in [2.24, 2.45) is 0 Å². The SMILES string of the molecule is Oc1cccc(SC2CCOC3(CCSC3)C2)c1. The summed E-state index contributed by atoms with van der Waals surface area (Å²) < 4.78 is 6.03. The lowest BCUT2D eigenvalue weighted by atomic mass is 9.93. The summed E-state index contributed by atoms with van der Waals surface area (Å²) in [5, 5.41) is 10.1. The Morgan fingerprint density at radius 3 is 3.17 bits per heavy atom. The summed E-state index contributed by atoms with van der Waals surface area (Å²) >= 11 is 3.91. The van der Waals surface area contributed by atoms with Crippen LogP contribution in [-0.4, -0.2) is 34.1 Å². The molecule has 4 heteroatoms. The van der Waals surface area contributed by atoms with Crippen LogP contribution in [0.4, 0.5) is 0 Å². The second-order valence-corrected chi connectivity index (χ2v) is 7.54. The molecule has 2 aliphatic heterocycles. The number of phenols is 1.